The summed E-state index contributed by atoms with van der Waals surface area (Å²) < 4.78 is 6.21. The summed E-state index contributed by atoms with van der Waals surface area (Å²) in [4.78, 5) is 8.32. The number of halogens is 1. The number of rotatable bonds is 2. The summed E-state index contributed by atoms with van der Waals surface area (Å²) in [6, 6.07) is 0. The molecule has 1 N–H and O–H groups in total. The predicted molar refractivity (Wildman–Crippen MR) is 57.2 cm³/mol. The van der Waals surface area contributed by atoms with E-state index in [1.165, 1.54) is 0 Å². The average Bonchev–Trinajstić information content (AvgIpc) is 2.57. The molecule has 5 heteroatoms. The van der Waals surface area contributed by atoms with E-state index in [1.54, 1.807) is 12.4 Å². The highest BCUT2D eigenvalue weighted by Crippen LogP contribution is 2.21. The lowest BCUT2D eigenvalue weighted by molar-refractivity contribution is 0.185. The normalized spacial score (nSPS) is 26.4. The number of nitrogens with zero attached hydrogens (tertiary/aromatic N) is 2. The minimum atomic E-state index is -0.0200. The molecule has 1 aromatic rings. The maximum Gasteiger partial charge on any atom is 0.223 e. The number of anilines is 1. The molecule has 0 amide bonds. The van der Waals surface area contributed by atoms with Crippen molar-refractivity contribution in [3.63, 3.8) is 0 Å². The number of hydrogen-bond acceptors (Lipinski definition) is 4. The van der Waals surface area contributed by atoms with Crippen molar-refractivity contribution in [1.29, 1.82) is 0 Å². The van der Waals surface area contributed by atoms with E-state index < -0.39 is 0 Å². The van der Waals surface area contributed by atoms with Crippen LogP contribution in [-0.4, -0.2) is 28.7 Å². The van der Waals surface area contributed by atoms with Crippen LogP contribution < -0.4 is 5.32 Å². The van der Waals surface area contributed by atoms with Crippen LogP contribution >= 0.6 is 15.9 Å². The van der Waals surface area contributed by atoms with E-state index >= 15 is 0 Å². The summed E-state index contributed by atoms with van der Waals surface area (Å²) in [6.07, 6.45) is 4.45. The van der Waals surface area contributed by atoms with Crippen LogP contribution in [0.2, 0.25) is 0 Å². The molecule has 1 aliphatic rings. The topological polar surface area (TPSA) is 47.0 Å². The Morgan fingerprint density at radius 1 is 1.50 bits per heavy atom. The second kappa shape index (κ2) is 3.82. The second-order valence-corrected chi connectivity index (χ2v) is 4.63. The van der Waals surface area contributed by atoms with Gasteiger partial charge in [-0.25, -0.2) is 9.97 Å². The van der Waals surface area contributed by atoms with Crippen molar-refractivity contribution in [3.8, 4) is 0 Å². The van der Waals surface area contributed by atoms with E-state index in [0.29, 0.717) is 12.6 Å². The van der Waals surface area contributed by atoms with Crippen molar-refractivity contribution in [1.82, 2.24) is 9.97 Å². The zero-order valence-corrected chi connectivity index (χ0v) is 9.54. The Morgan fingerprint density at radius 2 is 2.21 bits per heavy atom. The molecule has 1 fully saturated rings. The lowest BCUT2D eigenvalue weighted by atomic mass is 10.0. The molecule has 0 radical (unpaired) electrons. The van der Waals surface area contributed by atoms with E-state index in [4.69, 9.17) is 4.74 Å². The molecule has 1 unspecified atom stereocenters. The van der Waals surface area contributed by atoms with Crippen molar-refractivity contribution in [3.05, 3.63) is 16.9 Å². The molecule has 1 saturated heterocycles. The highest BCUT2D eigenvalue weighted by atomic mass is 79.9. The zero-order valence-electron chi connectivity index (χ0n) is 7.96. The lowest BCUT2D eigenvalue weighted by Gasteiger charge is -2.23. The molecular formula is C9H12BrN3O. The maximum atomic E-state index is 5.33. The summed E-state index contributed by atoms with van der Waals surface area (Å²) in [7, 11) is 0. The minimum Gasteiger partial charge on any atom is -0.379 e. The predicted octanol–water partition coefficient (Wildman–Crippen LogP) is 1.83. The van der Waals surface area contributed by atoms with Gasteiger partial charge >= 0.3 is 0 Å². The van der Waals surface area contributed by atoms with Gasteiger partial charge < -0.3 is 10.1 Å². The SMILES string of the molecule is CC1(Nc2ncc(Br)cn2)CCOC1. The highest BCUT2D eigenvalue weighted by Gasteiger charge is 2.29. The smallest absolute Gasteiger partial charge is 0.223 e. The third-order valence-electron chi connectivity index (χ3n) is 2.25. The third kappa shape index (κ3) is 2.22. The van der Waals surface area contributed by atoms with Crippen LogP contribution in [0.5, 0.6) is 0 Å². The summed E-state index contributed by atoms with van der Waals surface area (Å²) in [5.74, 6) is 0.654. The van der Waals surface area contributed by atoms with Crippen molar-refractivity contribution in [2.45, 2.75) is 18.9 Å². The molecule has 76 valence electrons. The molecule has 1 atom stereocenters. The van der Waals surface area contributed by atoms with Crippen LogP contribution in [0.3, 0.4) is 0 Å². The monoisotopic (exact) mass is 257 g/mol. The minimum absolute atomic E-state index is 0.0200. The van der Waals surface area contributed by atoms with Gasteiger partial charge in [0.15, 0.2) is 0 Å². The van der Waals surface area contributed by atoms with Gasteiger partial charge in [0.25, 0.3) is 0 Å². The zero-order chi connectivity index (χ0) is 10.0. The number of ether oxygens (including phenoxy) is 1. The van der Waals surface area contributed by atoms with Gasteiger partial charge in [-0.1, -0.05) is 0 Å². The quantitative estimate of drug-likeness (QED) is 0.879. The Bertz CT molecular complexity index is 308. The standard InChI is InChI=1S/C9H12BrN3O/c1-9(2-3-14-6-9)13-8-11-4-7(10)5-12-8/h4-5H,2-3,6H2,1H3,(H,11,12,13). The highest BCUT2D eigenvalue weighted by molar-refractivity contribution is 9.10. The Labute approximate surface area is 91.2 Å². The van der Waals surface area contributed by atoms with E-state index in [2.05, 4.69) is 38.1 Å². The first-order valence-electron chi connectivity index (χ1n) is 4.51. The van der Waals surface area contributed by atoms with Crippen molar-refractivity contribution >= 4 is 21.9 Å². The largest absolute Gasteiger partial charge is 0.379 e. The van der Waals surface area contributed by atoms with E-state index in [1.807, 2.05) is 0 Å². The van der Waals surface area contributed by atoms with E-state index in [-0.39, 0.29) is 5.54 Å². The van der Waals surface area contributed by atoms with Crippen LogP contribution in [0.4, 0.5) is 5.95 Å². The molecule has 0 aromatic carbocycles. The number of hydrogen-bond donors (Lipinski definition) is 1. The summed E-state index contributed by atoms with van der Waals surface area (Å²) in [6.45, 7) is 3.64. The lowest BCUT2D eigenvalue weighted by Crippen LogP contribution is -2.35. The van der Waals surface area contributed by atoms with Gasteiger partial charge in [-0.2, -0.15) is 0 Å². The van der Waals surface area contributed by atoms with Gasteiger partial charge in [-0.05, 0) is 29.3 Å². The van der Waals surface area contributed by atoms with Gasteiger partial charge in [0.1, 0.15) is 0 Å². The third-order valence-corrected chi connectivity index (χ3v) is 2.66. The summed E-state index contributed by atoms with van der Waals surface area (Å²) >= 11 is 3.29. The first-order chi connectivity index (χ1) is 6.68. The molecule has 2 rings (SSSR count). The van der Waals surface area contributed by atoms with Crippen molar-refractivity contribution in [2.75, 3.05) is 18.5 Å². The second-order valence-electron chi connectivity index (χ2n) is 3.71. The first-order valence-corrected chi connectivity index (χ1v) is 5.31. The Kier molecular flexibility index (Phi) is 2.69. The summed E-state index contributed by atoms with van der Waals surface area (Å²) in [5.41, 5.74) is -0.0200. The molecule has 0 aliphatic carbocycles. The van der Waals surface area contributed by atoms with Crippen LogP contribution in [0.1, 0.15) is 13.3 Å². The van der Waals surface area contributed by atoms with Crippen LogP contribution in [0.15, 0.2) is 16.9 Å². The van der Waals surface area contributed by atoms with Crippen molar-refractivity contribution in [2.24, 2.45) is 0 Å². The van der Waals surface area contributed by atoms with E-state index in [0.717, 1.165) is 17.5 Å². The molecule has 0 saturated carbocycles. The molecule has 2 heterocycles. The molecule has 4 nitrogen and oxygen atoms in total. The Balaban J connectivity index is 2.06. The molecule has 0 spiro atoms. The van der Waals surface area contributed by atoms with Gasteiger partial charge in [-0.15, -0.1) is 0 Å². The van der Waals surface area contributed by atoms with Gasteiger partial charge in [0, 0.05) is 19.0 Å². The number of aromatic nitrogens is 2. The van der Waals surface area contributed by atoms with Crippen LogP contribution in [-0.2, 0) is 4.74 Å². The fourth-order valence-electron chi connectivity index (χ4n) is 1.41. The fraction of sp³-hybridized carbons (Fsp3) is 0.556. The Morgan fingerprint density at radius 3 is 2.79 bits per heavy atom. The molecule has 1 aromatic heterocycles. The average molecular weight is 258 g/mol. The Hall–Kier alpha value is -0.680. The van der Waals surface area contributed by atoms with Gasteiger partial charge in [-0.3, -0.25) is 0 Å². The fourth-order valence-corrected chi connectivity index (χ4v) is 1.62. The van der Waals surface area contributed by atoms with Gasteiger partial charge in [0.05, 0.1) is 16.6 Å². The van der Waals surface area contributed by atoms with E-state index in [9.17, 15) is 0 Å². The summed E-state index contributed by atoms with van der Waals surface area (Å²) in [5, 5.41) is 3.28. The molecule has 14 heavy (non-hydrogen) atoms. The number of nitrogens with one attached hydrogen (secondary N) is 1. The van der Waals surface area contributed by atoms with Crippen LogP contribution in [0, 0.1) is 0 Å². The van der Waals surface area contributed by atoms with Crippen LogP contribution in [0.25, 0.3) is 0 Å². The molecular weight excluding hydrogens is 246 g/mol. The maximum absolute atomic E-state index is 5.33. The molecule has 0 bridgehead atoms. The van der Waals surface area contributed by atoms with Crippen molar-refractivity contribution < 1.29 is 4.74 Å². The first kappa shape index (κ1) is 9.86. The van der Waals surface area contributed by atoms with Gasteiger partial charge in [0.2, 0.25) is 5.95 Å². The molecule has 1 aliphatic heterocycles.